The van der Waals surface area contributed by atoms with Crippen molar-refractivity contribution in [1.29, 1.82) is 0 Å². The second kappa shape index (κ2) is 8.88. The Kier molecular flexibility index (Phi) is 6.57. The van der Waals surface area contributed by atoms with Crippen LogP contribution in [0.4, 0.5) is 18.9 Å². The molecule has 3 rings (SSSR count). The molecule has 1 N–H and O–H groups in total. The van der Waals surface area contributed by atoms with Crippen LogP contribution < -0.4 is 5.32 Å². The van der Waals surface area contributed by atoms with Crippen LogP contribution in [0.1, 0.15) is 79.9 Å². The summed E-state index contributed by atoms with van der Waals surface area (Å²) >= 11 is 0. The van der Waals surface area contributed by atoms with Crippen LogP contribution in [0, 0.1) is 13.8 Å². The molecule has 0 aliphatic rings. The van der Waals surface area contributed by atoms with E-state index in [1.54, 1.807) is 13.8 Å². The fraction of sp³-hybridized carbons (Fsp3) is 0.478. The van der Waals surface area contributed by atoms with E-state index in [9.17, 15) is 18.0 Å². The number of para-hydroxylation sites is 1. The zero-order valence-electron chi connectivity index (χ0n) is 19.1. The lowest BCUT2D eigenvalue weighted by Gasteiger charge is -2.20. The number of nitrogens with one attached hydrogen (secondary N) is 1. The van der Waals surface area contributed by atoms with Crippen LogP contribution >= 0.6 is 0 Å². The van der Waals surface area contributed by atoms with E-state index in [0.717, 1.165) is 21.3 Å². The van der Waals surface area contributed by atoms with Crippen LogP contribution in [0.3, 0.4) is 0 Å². The van der Waals surface area contributed by atoms with E-state index in [1.165, 1.54) is 0 Å². The Hall–Kier alpha value is -2.97. The first kappa shape index (κ1) is 23.7. The second-order valence-corrected chi connectivity index (χ2v) is 8.58. The number of amides is 1. The molecular formula is C23H28F3N5O. The van der Waals surface area contributed by atoms with Crippen molar-refractivity contribution in [2.24, 2.45) is 0 Å². The van der Waals surface area contributed by atoms with Crippen LogP contribution in [0.2, 0.25) is 0 Å². The maximum atomic E-state index is 13.0. The number of aryl methyl sites for hydroxylation is 2. The van der Waals surface area contributed by atoms with Crippen LogP contribution in [-0.4, -0.2) is 25.5 Å². The van der Waals surface area contributed by atoms with Crippen LogP contribution in [0.5, 0.6) is 0 Å². The van der Waals surface area contributed by atoms with Crippen LogP contribution in [0.15, 0.2) is 18.2 Å². The fourth-order valence-corrected chi connectivity index (χ4v) is 3.83. The number of benzene rings is 1. The minimum absolute atomic E-state index is 0.104. The normalized spacial score (nSPS) is 12.2. The molecule has 0 spiro atoms. The molecule has 0 aliphatic heterocycles. The van der Waals surface area contributed by atoms with E-state index in [4.69, 9.17) is 0 Å². The van der Waals surface area contributed by atoms with Crippen molar-refractivity contribution in [2.45, 2.75) is 72.4 Å². The Labute approximate surface area is 185 Å². The molecule has 2 aromatic heterocycles. The summed E-state index contributed by atoms with van der Waals surface area (Å²) in [6, 6.07) is 6.03. The summed E-state index contributed by atoms with van der Waals surface area (Å²) in [7, 11) is 0. The number of alkyl halides is 3. The molecule has 0 bridgehead atoms. The lowest BCUT2D eigenvalue weighted by molar-refractivity contribution is -0.144. The van der Waals surface area contributed by atoms with Gasteiger partial charge >= 0.3 is 6.18 Å². The first-order chi connectivity index (χ1) is 14.9. The number of hydrogen-bond donors (Lipinski definition) is 1. The van der Waals surface area contributed by atoms with Gasteiger partial charge in [-0.2, -0.15) is 18.2 Å². The molecular weight excluding hydrogens is 419 g/mol. The highest BCUT2D eigenvalue weighted by Gasteiger charge is 2.37. The molecule has 0 saturated carbocycles. The summed E-state index contributed by atoms with van der Waals surface area (Å²) in [5.41, 5.74) is 4.70. The number of carbonyl (C=O) groups excluding carboxylic acids is 1. The Morgan fingerprint density at radius 3 is 2.19 bits per heavy atom. The summed E-state index contributed by atoms with van der Waals surface area (Å²) in [6.07, 6.45) is -4.15. The molecule has 0 atom stereocenters. The van der Waals surface area contributed by atoms with Gasteiger partial charge in [0.15, 0.2) is 0 Å². The molecule has 0 aliphatic carbocycles. The number of aromatic nitrogens is 4. The zero-order chi connectivity index (χ0) is 23.8. The first-order valence-corrected chi connectivity index (χ1v) is 10.6. The molecule has 0 unspecified atom stereocenters. The van der Waals surface area contributed by atoms with Crippen molar-refractivity contribution in [3.8, 4) is 0 Å². The number of anilines is 1. The van der Waals surface area contributed by atoms with Gasteiger partial charge in [-0.1, -0.05) is 45.9 Å². The van der Waals surface area contributed by atoms with Crippen molar-refractivity contribution in [3.63, 3.8) is 0 Å². The molecule has 172 valence electrons. The lowest BCUT2D eigenvalue weighted by Crippen LogP contribution is -2.17. The third-order valence-electron chi connectivity index (χ3n) is 5.54. The number of halogens is 3. The van der Waals surface area contributed by atoms with Gasteiger partial charge in [-0.15, -0.1) is 5.10 Å². The molecule has 1 amide bonds. The Morgan fingerprint density at radius 1 is 1.06 bits per heavy atom. The van der Waals surface area contributed by atoms with Crippen LogP contribution in [-0.2, 0) is 17.4 Å². The quantitative estimate of drug-likeness (QED) is 0.536. The molecule has 32 heavy (non-hydrogen) atoms. The zero-order valence-corrected chi connectivity index (χ0v) is 19.1. The fourth-order valence-electron chi connectivity index (χ4n) is 3.83. The Balaban J connectivity index is 1.84. The highest BCUT2D eigenvalue weighted by molar-refractivity contribution is 5.92. The lowest BCUT2D eigenvalue weighted by atomic mass is 9.92. The maximum absolute atomic E-state index is 13.0. The summed E-state index contributed by atoms with van der Waals surface area (Å²) in [4.78, 5) is 20.5. The molecule has 6 nitrogen and oxygen atoms in total. The number of carbonyl (C=O) groups is 1. The van der Waals surface area contributed by atoms with Crippen molar-refractivity contribution >= 4 is 17.4 Å². The van der Waals surface area contributed by atoms with E-state index in [0.29, 0.717) is 23.4 Å². The SMILES string of the molecule is Cc1nc2nc(C(F)(F)F)nn2c(C)c1CCC(=O)Nc1c(C(C)C)cccc1C(C)C. The van der Waals surface area contributed by atoms with Crippen molar-refractivity contribution < 1.29 is 18.0 Å². The van der Waals surface area contributed by atoms with Gasteiger partial charge in [-0.05, 0) is 48.8 Å². The first-order valence-electron chi connectivity index (χ1n) is 10.6. The third kappa shape index (κ3) is 4.76. The topological polar surface area (TPSA) is 72.2 Å². The van der Waals surface area contributed by atoms with Gasteiger partial charge in [-0.3, -0.25) is 4.79 Å². The van der Waals surface area contributed by atoms with Gasteiger partial charge in [0.25, 0.3) is 11.6 Å². The minimum atomic E-state index is -4.65. The van der Waals surface area contributed by atoms with Crippen LogP contribution in [0.25, 0.3) is 5.78 Å². The number of nitrogens with zero attached hydrogens (tertiary/aromatic N) is 4. The molecule has 2 heterocycles. The number of rotatable bonds is 6. The predicted octanol–water partition coefficient (Wildman–Crippen LogP) is 5.58. The Bertz CT molecular complexity index is 1120. The molecule has 1 aromatic carbocycles. The Morgan fingerprint density at radius 2 is 1.66 bits per heavy atom. The minimum Gasteiger partial charge on any atom is -0.326 e. The number of hydrogen-bond acceptors (Lipinski definition) is 4. The summed E-state index contributed by atoms with van der Waals surface area (Å²) < 4.78 is 40.0. The largest absolute Gasteiger partial charge is 0.453 e. The second-order valence-electron chi connectivity index (χ2n) is 8.58. The van der Waals surface area contributed by atoms with Gasteiger partial charge in [0, 0.05) is 23.5 Å². The highest BCUT2D eigenvalue weighted by Crippen LogP contribution is 2.32. The van der Waals surface area contributed by atoms with E-state index >= 15 is 0 Å². The smallest absolute Gasteiger partial charge is 0.326 e. The molecule has 0 fully saturated rings. The average molecular weight is 448 g/mol. The summed E-state index contributed by atoms with van der Waals surface area (Å²) in [5.74, 6) is -0.999. The van der Waals surface area contributed by atoms with Crippen molar-refractivity contribution in [2.75, 3.05) is 5.32 Å². The van der Waals surface area contributed by atoms with Gasteiger partial charge in [0.2, 0.25) is 5.91 Å². The van der Waals surface area contributed by atoms with Crippen molar-refractivity contribution in [3.05, 3.63) is 52.1 Å². The molecule has 3 aromatic rings. The predicted molar refractivity (Wildman–Crippen MR) is 117 cm³/mol. The van der Waals surface area contributed by atoms with E-state index in [-0.39, 0.29) is 29.9 Å². The van der Waals surface area contributed by atoms with Gasteiger partial charge in [0.05, 0.1) is 0 Å². The number of fused-ring (bicyclic) bond motifs is 1. The molecule has 0 radical (unpaired) electrons. The highest BCUT2D eigenvalue weighted by atomic mass is 19.4. The standard InChI is InChI=1S/C23H28F3N5O/c1-12(2)16-8-7-9-17(13(3)4)20(16)28-19(32)11-10-18-14(5)27-22-29-21(23(24,25)26)30-31(22)15(18)6/h7-9,12-13H,10-11H2,1-6H3,(H,28,32). The monoisotopic (exact) mass is 447 g/mol. The van der Waals surface area contributed by atoms with Gasteiger partial charge < -0.3 is 5.32 Å². The van der Waals surface area contributed by atoms with E-state index in [2.05, 4.69) is 48.1 Å². The van der Waals surface area contributed by atoms with Gasteiger partial charge in [0.1, 0.15) is 0 Å². The summed E-state index contributed by atoms with van der Waals surface area (Å²) in [5, 5.41) is 6.63. The van der Waals surface area contributed by atoms with Crippen molar-refractivity contribution in [1.82, 2.24) is 19.6 Å². The average Bonchev–Trinajstić information content (AvgIpc) is 3.12. The molecule has 0 saturated heterocycles. The van der Waals surface area contributed by atoms with E-state index in [1.807, 2.05) is 18.2 Å². The third-order valence-corrected chi connectivity index (χ3v) is 5.54. The maximum Gasteiger partial charge on any atom is 0.453 e. The van der Waals surface area contributed by atoms with E-state index < -0.39 is 12.0 Å². The molecule has 9 heteroatoms. The van der Waals surface area contributed by atoms with Gasteiger partial charge in [-0.25, -0.2) is 9.50 Å². The summed E-state index contributed by atoms with van der Waals surface area (Å²) in [6.45, 7) is 11.7.